The Kier molecular flexibility index (Phi) is 5.14. The molecule has 4 nitrogen and oxygen atoms in total. The van der Waals surface area contributed by atoms with Gasteiger partial charge in [0, 0.05) is 13.1 Å². The van der Waals surface area contributed by atoms with E-state index in [0.717, 1.165) is 25.7 Å². The van der Waals surface area contributed by atoms with E-state index in [-0.39, 0.29) is 4.99 Å². The van der Waals surface area contributed by atoms with Gasteiger partial charge in [0.25, 0.3) is 0 Å². The smallest absolute Gasteiger partial charge is 0.223 e. The highest BCUT2D eigenvalue weighted by molar-refractivity contribution is 7.92. The molecule has 1 atom stereocenters. The van der Waals surface area contributed by atoms with Gasteiger partial charge in [-0.1, -0.05) is 32.0 Å². The van der Waals surface area contributed by atoms with Gasteiger partial charge < -0.3 is 5.73 Å². The summed E-state index contributed by atoms with van der Waals surface area (Å²) in [5.41, 5.74) is 5.50. The molecule has 1 rings (SSSR count). The van der Waals surface area contributed by atoms with Gasteiger partial charge in [0.1, 0.15) is 5.25 Å². The van der Waals surface area contributed by atoms with Crippen molar-refractivity contribution in [3.63, 3.8) is 0 Å². The maximum absolute atomic E-state index is 12.3. The first-order valence-corrected chi connectivity index (χ1v) is 7.69. The number of nitrogens with zero attached hydrogens (tertiary/aromatic N) is 1. The molecule has 1 aliphatic heterocycles. The van der Waals surface area contributed by atoms with Crippen LogP contribution in [0, 0.1) is 0 Å². The van der Waals surface area contributed by atoms with Crippen molar-refractivity contribution >= 4 is 27.2 Å². The Morgan fingerprint density at radius 2 is 1.81 bits per heavy atom. The van der Waals surface area contributed by atoms with Crippen LogP contribution in [0.5, 0.6) is 0 Å². The van der Waals surface area contributed by atoms with Crippen molar-refractivity contribution in [2.24, 2.45) is 5.73 Å². The Bertz CT molecular complexity index is 333. The molecule has 0 bridgehead atoms. The molecule has 94 valence electrons. The Morgan fingerprint density at radius 3 is 2.19 bits per heavy atom. The van der Waals surface area contributed by atoms with Gasteiger partial charge in [-0.15, -0.1) is 0 Å². The highest BCUT2D eigenvalue weighted by Gasteiger charge is 2.32. The summed E-state index contributed by atoms with van der Waals surface area (Å²) in [5.74, 6) is 0. The number of thiocarbonyl (C=S) groups is 1. The third-order valence-corrected chi connectivity index (χ3v) is 5.80. The maximum Gasteiger partial charge on any atom is 0.223 e. The molecule has 1 heterocycles. The van der Waals surface area contributed by atoms with E-state index in [9.17, 15) is 8.42 Å². The van der Waals surface area contributed by atoms with Gasteiger partial charge in [-0.05, 0) is 19.3 Å². The Labute approximate surface area is 103 Å². The quantitative estimate of drug-likeness (QED) is 0.776. The third-order valence-electron chi connectivity index (χ3n) is 2.97. The van der Waals surface area contributed by atoms with Crippen molar-refractivity contribution in [2.75, 3.05) is 13.1 Å². The fourth-order valence-electron chi connectivity index (χ4n) is 2.03. The van der Waals surface area contributed by atoms with E-state index in [1.807, 2.05) is 0 Å². The lowest BCUT2D eigenvalue weighted by molar-refractivity contribution is 0.420. The summed E-state index contributed by atoms with van der Waals surface area (Å²) in [7, 11) is -3.33. The highest BCUT2D eigenvalue weighted by atomic mass is 32.2. The molecule has 0 aromatic carbocycles. The van der Waals surface area contributed by atoms with Crippen LogP contribution in [0.1, 0.15) is 39.0 Å². The molecule has 0 aromatic heterocycles. The molecule has 0 aliphatic carbocycles. The maximum atomic E-state index is 12.3. The molecule has 1 fully saturated rings. The zero-order chi connectivity index (χ0) is 12.2. The highest BCUT2D eigenvalue weighted by Crippen LogP contribution is 2.18. The van der Waals surface area contributed by atoms with Gasteiger partial charge in [0.2, 0.25) is 10.0 Å². The summed E-state index contributed by atoms with van der Waals surface area (Å²) in [6.45, 7) is 3.03. The first-order chi connectivity index (χ1) is 7.50. The van der Waals surface area contributed by atoms with Gasteiger partial charge >= 0.3 is 0 Å². The number of rotatable bonds is 4. The monoisotopic (exact) mass is 264 g/mol. The molecule has 16 heavy (non-hydrogen) atoms. The second-order valence-electron chi connectivity index (χ2n) is 4.16. The van der Waals surface area contributed by atoms with Gasteiger partial charge in [0.05, 0.1) is 4.99 Å². The predicted molar refractivity (Wildman–Crippen MR) is 69.8 cm³/mol. The zero-order valence-corrected chi connectivity index (χ0v) is 11.3. The first kappa shape index (κ1) is 13.9. The van der Waals surface area contributed by atoms with E-state index in [2.05, 4.69) is 0 Å². The van der Waals surface area contributed by atoms with Crippen molar-refractivity contribution in [2.45, 2.75) is 44.3 Å². The minimum atomic E-state index is -3.33. The molecule has 0 saturated carbocycles. The summed E-state index contributed by atoms with van der Waals surface area (Å²) in [6.07, 6.45) is 4.54. The van der Waals surface area contributed by atoms with E-state index in [1.165, 1.54) is 0 Å². The van der Waals surface area contributed by atoms with E-state index in [1.54, 1.807) is 11.2 Å². The predicted octanol–water partition coefficient (Wildman–Crippen LogP) is 1.26. The minimum absolute atomic E-state index is 0.0896. The lowest BCUT2D eigenvalue weighted by Crippen LogP contribution is -2.44. The lowest BCUT2D eigenvalue weighted by Gasteiger charge is -2.25. The molecule has 0 spiro atoms. The van der Waals surface area contributed by atoms with Crippen LogP contribution < -0.4 is 5.73 Å². The van der Waals surface area contributed by atoms with E-state index >= 15 is 0 Å². The molecular formula is C10H20N2O2S2. The Balaban J connectivity index is 2.85. The molecule has 6 heteroatoms. The topological polar surface area (TPSA) is 63.4 Å². The van der Waals surface area contributed by atoms with Crippen molar-refractivity contribution < 1.29 is 8.42 Å². The van der Waals surface area contributed by atoms with Crippen LogP contribution in [0.25, 0.3) is 0 Å². The summed E-state index contributed by atoms with van der Waals surface area (Å²) >= 11 is 4.84. The molecule has 0 radical (unpaired) electrons. The zero-order valence-electron chi connectivity index (χ0n) is 9.68. The standard InChI is InChI=1S/C10H20N2O2S2/c1-2-9(10(11)15)16(13,14)12-7-5-3-4-6-8-12/h9H,2-8H2,1H3,(H2,11,15). The number of hydrogen-bond acceptors (Lipinski definition) is 3. The van der Waals surface area contributed by atoms with Gasteiger partial charge in [-0.2, -0.15) is 0 Å². The molecule has 1 aliphatic rings. The second kappa shape index (κ2) is 5.93. The summed E-state index contributed by atoms with van der Waals surface area (Å²) in [4.78, 5) is 0.0896. The second-order valence-corrected chi connectivity index (χ2v) is 6.74. The summed E-state index contributed by atoms with van der Waals surface area (Å²) < 4.78 is 26.1. The minimum Gasteiger partial charge on any atom is -0.392 e. The molecule has 0 aromatic rings. The van der Waals surface area contributed by atoms with Crippen LogP contribution in [0.2, 0.25) is 0 Å². The Morgan fingerprint density at radius 1 is 1.31 bits per heavy atom. The van der Waals surface area contributed by atoms with Crippen molar-refractivity contribution in [1.82, 2.24) is 4.31 Å². The van der Waals surface area contributed by atoms with Crippen LogP contribution in [0.4, 0.5) is 0 Å². The molecule has 0 amide bonds. The molecular weight excluding hydrogens is 244 g/mol. The van der Waals surface area contributed by atoms with Gasteiger partial charge in [-0.3, -0.25) is 0 Å². The van der Waals surface area contributed by atoms with E-state index < -0.39 is 15.3 Å². The first-order valence-electron chi connectivity index (χ1n) is 5.78. The Hall–Kier alpha value is -0.200. The number of sulfonamides is 1. The van der Waals surface area contributed by atoms with Crippen molar-refractivity contribution in [3.8, 4) is 0 Å². The third kappa shape index (κ3) is 3.15. The SMILES string of the molecule is CCC(C(N)=S)S(=O)(=O)N1CCCCCC1. The fourth-order valence-corrected chi connectivity index (χ4v) is 4.41. The van der Waals surface area contributed by atoms with Crippen molar-refractivity contribution in [1.29, 1.82) is 0 Å². The average Bonchev–Trinajstić information content (AvgIpc) is 2.45. The van der Waals surface area contributed by atoms with Crippen molar-refractivity contribution in [3.05, 3.63) is 0 Å². The van der Waals surface area contributed by atoms with Crippen LogP contribution >= 0.6 is 12.2 Å². The average molecular weight is 264 g/mol. The van der Waals surface area contributed by atoms with Gasteiger partial charge in [-0.25, -0.2) is 12.7 Å². The fraction of sp³-hybridized carbons (Fsp3) is 0.900. The van der Waals surface area contributed by atoms with E-state index in [0.29, 0.717) is 19.5 Å². The molecule has 2 N–H and O–H groups in total. The normalized spacial score (nSPS) is 21.3. The largest absolute Gasteiger partial charge is 0.392 e. The van der Waals surface area contributed by atoms with E-state index in [4.69, 9.17) is 18.0 Å². The number of hydrogen-bond donors (Lipinski definition) is 1. The van der Waals surface area contributed by atoms with Crippen LogP contribution in [-0.4, -0.2) is 36.1 Å². The summed E-state index contributed by atoms with van der Waals surface area (Å²) in [6, 6.07) is 0. The molecule has 1 unspecified atom stereocenters. The molecule has 1 saturated heterocycles. The van der Waals surface area contributed by atoms with Gasteiger partial charge in [0.15, 0.2) is 0 Å². The number of nitrogens with two attached hydrogens (primary N) is 1. The van der Waals surface area contributed by atoms with Crippen LogP contribution in [0.3, 0.4) is 0 Å². The van der Waals surface area contributed by atoms with Crippen LogP contribution in [-0.2, 0) is 10.0 Å². The lowest BCUT2D eigenvalue weighted by atomic mass is 10.2. The van der Waals surface area contributed by atoms with Crippen LogP contribution in [0.15, 0.2) is 0 Å². The summed E-state index contributed by atoms with van der Waals surface area (Å²) in [5, 5.41) is -0.694.